The topological polar surface area (TPSA) is 71.3 Å². The molecule has 1 aliphatic heterocycles. The first-order valence-electron chi connectivity index (χ1n) is 9.02. The number of likely N-dealkylation sites (tertiary alicyclic amines) is 1. The quantitative estimate of drug-likeness (QED) is 0.923. The lowest BCUT2D eigenvalue weighted by Crippen LogP contribution is -2.38. The van der Waals surface area contributed by atoms with E-state index in [0.717, 1.165) is 37.0 Å². The summed E-state index contributed by atoms with van der Waals surface area (Å²) in [5.41, 5.74) is 2.00. The van der Waals surface area contributed by atoms with E-state index in [1.807, 2.05) is 6.07 Å². The summed E-state index contributed by atoms with van der Waals surface area (Å²) >= 11 is 0. The van der Waals surface area contributed by atoms with Crippen LogP contribution in [0.25, 0.3) is 11.1 Å². The fourth-order valence-corrected chi connectivity index (χ4v) is 3.28. The smallest absolute Gasteiger partial charge is 0.257 e. The highest BCUT2D eigenvalue weighted by atomic mass is 16.5. The number of rotatable bonds is 4. The van der Waals surface area contributed by atoms with Crippen molar-refractivity contribution < 1.29 is 9.32 Å². The first kappa shape index (κ1) is 17.9. The average Bonchev–Trinajstić information content (AvgIpc) is 3.13. The predicted octanol–water partition coefficient (Wildman–Crippen LogP) is 3.02. The Morgan fingerprint density at radius 1 is 1.44 bits per heavy atom. The molecule has 0 bridgehead atoms. The minimum Gasteiger partial charge on any atom is -0.348 e. The van der Waals surface area contributed by atoms with Crippen molar-refractivity contribution in [3.8, 4) is 0 Å². The summed E-state index contributed by atoms with van der Waals surface area (Å²) in [4.78, 5) is 19.3. The van der Waals surface area contributed by atoms with Gasteiger partial charge >= 0.3 is 0 Å². The molecular formula is C19H28N4O2. The third kappa shape index (κ3) is 4.18. The molecule has 1 N–H and O–H groups in total. The molecule has 2 aromatic heterocycles. The number of nitrogens with zero attached hydrogens (tertiary/aromatic N) is 3. The Kier molecular flexibility index (Phi) is 4.82. The van der Waals surface area contributed by atoms with Gasteiger partial charge in [-0.15, -0.1) is 0 Å². The summed E-state index contributed by atoms with van der Waals surface area (Å²) in [5.74, 6) is -0.0760. The second-order valence-electron chi connectivity index (χ2n) is 8.49. The van der Waals surface area contributed by atoms with Crippen LogP contribution in [0.5, 0.6) is 0 Å². The van der Waals surface area contributed by atoms with E-state index in [0.29, 0.717) is 17.3 Å². The molecule has 0 saturated carbocycles. The second kappa shape index (κ2) is 6.75. The molecule has 0 aliphatic carbocycles. The van der Waals surface area contributed by atoms with E-state index in [2.05, 4.69) is 55.0 Å². The van der Waals surface area contributed by atoms with Gasteiger partial charge in [0, 0.05) is 31.4 Å². The molecule has 2 aromatic rings. The molecule has 0 aromatic carbocycles. The molecular weight excluding hydrogens is 316 g/mol. The normalized spacial score (nSPS) is 19.0. The van der Waals surface area contributed by atoms with Crippen molar-refractivity contribution in [2.45, 2.75) is 59.5 Å². The number of carbonyl (C=O) groups excluding carboxylic acids is 1. The standard InChI is InChI=1S/C19H28N4O2/c1-12(2)23-7-6-14(11-23)21-17(24)13-8-15-16(9-19(3,4)5)22-25-18(15)20-10-13/h8,10,12,14H,6-7,9,11H2,1-5H3,(H,21,24). The number of pyridine rings is 1. The van der Waals surface area contributed by atoms with Gasteiger partial charge in [-0.25, -0.2) is 4.98 Å². The Balaban J connectivity index is 1.75. The van der Waals surface area contributed by atoms with Gasteiger partial charge in [0.05, 0.1) is 16.6 Å². The van der Waals surface area contributed by atoms with E-state index >= 15 is 0 Å². The van der Waals surface area contributed by atoms with Crippen LogP contribution in [0.3, 0.4) is 0 Å². The minimum absolute atomic E-state index is 0.0760. The molecule has 0 radical (unpaired) electrons. The summed E-state index contributed by atoms with van der Waals surface area (Å²) in [5, 5.41) is 8.10. The van der Waals surface area contributed by atoms with E-state index in [-0.39, 0.29) is 17.4 Å². The number of amides is 1. The lowest BCUT2D eigenvalue weighted by atomic mass is 9.90. The lowest BCUT2D eigenvalue weighted by molar-refractivity contribution is 0.0936. The predicted molar refractivity (Wildman–Crippen MR) is 97.5 cm³/mol. The van der Waals surface area contributed by atoms with E-state index in [1.165, 1.54) is 0 Å². The Morgan fingerprint density at radius 2 is 2.20 bits per heavy atom. The Labute approximate surface area is 149 Å². The van der Waals surface area contributed by atoms with Crippen molar-refractivity contribution in [3.63, 3.8) is 0 Å². The molecule has 0 spiro atoms. The second-order valence-corrected chi connectivity index (χ2v) is 8.49. The maximum atomic E-state index is 12.6. The third-order valence-corrected chi connectivity index (χ3v) is 4.65. The summed E-state index contributed by atoms with van der Waals surface area (Å²) in [6.07, 6.45) is 3.33. The van der Waals surface area contributed by atoms with Crippen LogP contribution in [0.2, 0.25) is 0 Å². The van der Waals surface area contributed by atoms with Gasteiger partial charge in [0.1, 0.15) is 0 Å². The SMILES string of the molecule is CC(C)N1CCC(NC(=O)c2cnc3onc(CC(C)(C)C)c3c2)C1. The van der Waals surface area contributed by atoms with Crippen LogP contribution >= 0.6 is 0 Å². The van der Waals surface area contributed by atoms with E-state index < -0.39 is 0 Å². The molecule has 1 unspecified atom stereocenters. The molecule has 6 heteroatoms. The number of aromatic nitrogens is 2. The first-order valence-corrected chi connectivity index (χ1v) is 9.02. The van der Waals surface area contributed by atoms with E-state index in [4.69, 9.17) is 4.52 Å². The van der Waals surface area contributed by atoms with Crippen LogP contribution in [0, 0.1) is 5.41 Å². The number of nitrogens with one attached hydrogen (secondary N) is 1. The van der Waals surface area contributed by atoms with E-state index in [9.17, 15) is 4.79 Å². The fraction of sp³-hybridized carbons (Fsp3) is 0.632. The summed E-state index contributed by atoms with van der Waals surface area (Å²) in [7, 11) is 0. The first-order chi connectivity index (χ1) is 11.7. The van der Waals surface area contributed by atoms with Gasteiger partial charge in [-0.2, -0.15) is 0 Å². The maximum absolute atomic E-state index is 12.6. The van der Waals surface area contributed by atoms with Gasteiger partial charge in [0.2, 0.25) is 0 Å². The molecule has 3 rings (SSSR count). The third-order valence-electron chi connectivity index (χ3n) is 4.65. The van der Waals surface area contributed by atoms with Crippen LogP contribution in [-0.2, 0) is 6.42 Å². The van der Waals surface area contributed by atoms with Gasteiger partial charge in [-0.1, -0.05) is 25.9 Å². The molecule has 1 fully saturated rings. The van der Waals surface area contributed by atoms with Crippen molar-refractivity contribution in [2.75, 3.05) is 13.1 Å². The average molecular weight is 344 g/mol. The Morgan fingerprint density at radius 3 is 2.84 bits per heavy atom. The number of hydrogen-bond donors (Lipinski definition) is 1. The summed E-state index contributed by atoms with van der Waals surface area (Å²) in [6.45, 7) is 12.8. The van der Waals surface area contributed by atoms with Crippen LogP contribution in [-0.4, -0.2) is 46.1 Å². The largest absolute Gasteiger partial charge is 0.348 e. The van der Waals surface area contributed by atoms with Crippen molar-refractivity contribution in [1.29, 1.82) is 0 Å². The van der Waals surface area contributed by atoms with Crippen molar-refractivity contribution in [3.05, 3.63) is 23.5 Å². The monoisotopic (exact) mass is 344 g/mol. The fourth-order valence-electron chi connectivity index (χ4n) is 3.28. The van der Waals surface area contributed by atoms with Gasteiger partial charge in [0.25, 0.3) is 11.6 Å². The minimum atomic E-state index is -0.0760. The van der Waals surface area contributed by atoms with Crippen LogP contribution in [0.15, 0.2) is 16.8 Å². The zero-order valence-corrected chi connectivity index (χ0v) is 15.8. The van der Waals surface area contributed by atoms with Crippen molar-refractivity contribution in [1.82, 2.24) is 20.4 Å². The van der Waals surface area contributed by atoms with Crippen LogP contribution in [0.1, 0.15) is 57.1 Å². The van der Waals surface area contributed by atoms with Crippen molar-refractivity contribution in [2.24, 2.45) is 5.41 Å². The zero-order valence-electron chi connectivity index (χ0n) is 15.8. The van der Waals surface area contributed by atoms with Crippen LogP contribution < -0.4 is 5.32 Å². The van der Waals surface area contributed by atoms with Gasteiger partial charge in [-0.3, -0.25) is 9.69 Å². The molecule has 1 saturated heterocycles. The highest BCUT2D eigenvalue weighted by Gasteiger charge is 2.26. The molecule has 6 nitrogen and oxygen atoms in total. The molecule has 1 aliphatic rings. The zero-order chi connectivity index (χ0) is 18.2. The van der Waals surface area contributed by atoms with Gasteiger partial charge in [0.15, 0.2) is 0 Å². The molecule has 1 atom stereocenters. The molecule has 3 heterocycles. The maximum Gasteiger partial charge on any atom is 0.257 e. The van der Waals surface area contributed by atoms with Gasteiger partial charge < -0.3 is 9.84 Å². The molecule has 136 valence electrons. The lowest BCUT2D eigenvalue weighted by Gasteiger charge is -2.20. The Hall–Kier alpha value is -1.95. The highest BCUT2D eigenvalue weighted by molar-refractivity contribution is 5.97. The number of hydrogen-bond acceptors (Lipinski definition) is 5. The Bertz CT molecular complexity index is 760. The number of carbonyl (C=O) groups is 1. The molecule has 25 heavy (non-hydrogen) atoms. The number of fused-ring (bicyclic) bond motifs is 1. The molecule has 1 amide bonds. The van der Waals surface area contributed by atoms with Crippen LogP contribution in [0.4, 0.5) is 0 Å². The van der Waals surface area contributed by atoms with E-state index in [1.54, 1.807) is 6.20 Å². The van der Waals surface area contributed by atoms with Crippen molar-refractivity contribution >= 4 is 17.0 Å². The highest BCUT2D eigenvalue weighted by Crippen LogP contribution is 2.26. The summed E-state index contributed by atoms with van der Waals surface area (Å²) in [6, 6.07) is 2.56. The van der Waals surface area contributed by atoms with Gasteiger partial charge in [-0.05, 0) is 38.2 Å². The summed E-state index contributed by atoms with van der Waals surface area (Å²) < 4.78 is 5.30.